The summed E-state index contributed by atoms with van der Waals surface area (Å²) in [5.41, 5.74) is 2.06. The number of aromatic nitrogens is 2. The molecule has 0 amide bonds. The van der Waals surface area contributed by atoms with E-state index in [-0.39, 0.29) is 24.0 Å². The number of aryl methyl sites for hydroxylation is 1. The number of hydrogen-bond donors (Lipinski definition) is 2. The summed E-state index contributed by atoms with van der Waals surface area (Å²) < 4.78 is 2.04. The number of guanidine groups is 1. The molecule has 0 aliphatic carbocycles. The van der Waals surface area contributed by atoms with Crippen molar-refractivity contribution >= 4 is 46.9 Å². The molecule has 3 heterocycles. The summed E-state index contributed by atoms with van der Waals surface area (Å²) in [6.07, 6.45) is 4.95. The van der Waals surface area contributed by atoms with Crippen molar-refractivity contribution in [3.8, 4) is 0 Å². The maximum atomic E-state index is 4.60. The molecule has 3 aromatic heterocycles. The molecule has 3 aromatic rings. The molecule has 128 valence electrons. The Morgan fingerprint density at radius 2 is 2.12 bits per heavy atom. The average Bonchev–Trinajstić information content (AvgIpc) is 3.16. The molecule has 0 radical (unpaired) electrons. The zero-order valence-electron chi connectivity index (χ0n) is 13.8. The monoisotopic (exact) mass is 455 g/mol. The van der Waals surface area contributed by atoms with E-state index < -0.39 is 0 Å². The lowest BCUT2D eigenvalue weighted by molar-refractivity contribution is 0.791. The fourth-order valence-electron chi connectivity index (χ4n) is 2.39. The highest BCUT2D eigenvalue weighted by Crippen LogP contribution is 2.14. The highest BCUT2D eigenvalue weighted by Gasteiger charge is 2.03. The number of imidazole rings is 1. The first-order valence-electron chi connectivity index (χ1n) is 7.67. The number of pyridine rings is 1. The number of thiophene rings is 1. The molecular formula is C17H22IN5S. The molecule has 0 spiro atoms. The second kappa shape index (κ2) is 9.03. The number of aliphatic imine (C=N–C) groups is 1. The first-order chi connectivity index (χ1) is 11.2. The van der Waals surface area contributed by atoms with E-state index in [1.165, 1.54) is 9.75 Å². The molecule has 0 fully saturated rings. The van der Waals surface area contributed by atoms with E-state index in [1.54, 1.807) is 18.4 Å². The topological polar surface area (TPSA) is 53.7 Å². The van der Waals surface area contributed by atoms with E-state index in [0.29, 0.717) is 0 Å². The summed E-state index contributed by atoms with van der Waals surface area (Å²) in [7, 11) is 1.79. The maximum Gasteiger partial charge on any atom is 0.191 e. The second-order valence-corrected chi connectivity index (χ2v) is 6.69. The minimum Gasteiger partial charge on any atom is -0.356 e. The number of halogens is 1. The van der Waals surface area contributed by atoms with Crippen molar-refractivity contribution in [3.05, 3.63) is 58.2 Å². The van der Waals surface area contributed by atoms with Gasteiger partial charge in [0.15, 0.2) is 5.96 Å². The summed E-state index contributed by atoms with van der Waals surface area (Å²) in [4.78, 5) is 11.5. The standard InChI is InChI=1S/C17H21N5S.HI/c1-13-6-7-15(23-13)11-20-17(18-2)19-9-8-14-12-22-10-4-3-5-16(22)21-14;/h3-7,10,12H,8-9,11H2,1-2H3,(H2,18,19,20);1H. The predicted molar refractivity (Wildman–Crippen MR) is 112 cm³/mol. The van der Waals surface area contributed by atoms with Crippen LogP contribution >= 0.6 is 35.3 Å². The van der Waals surface area contributed by atoms with Gasteiger partial charge < -0.3 is 15.0 Å². The Hall–Kier alpha value is -1.61. The van der Waals surface area contributed by atoms with Crippen LogP contribution in [0.25, 0.3) is 5.65 Å². The SMILES string of the molecule is CN=C(NCCc1cn2ccccc2n1)NCc1ccc(C)s1.I. The molecule has 5 nitrogen and oxygen atoms in total. The summed E-state index contributed by atoms with van der Waals surface area (Å²) in [6, 6.07) is 10.3. The first-order valence-corrected chi connectivity index (χ1v) is 8.49. The quantitative estimate of drug-likeness (QED) is 0.353. The summed E-state index contributed by atoms with van der Waals surface area (Å²) in [5.74, 6) is 0.819. The summed E-state index contributed by atoms with van der Waals surface area (Å²) in [5, 5.41) is 6.67. The largest absolute Gasteiger partial charge is 0.356 e. The van der Waals surface area contributed by atoms with Gasteiger partial charge in [-0.1, -0.05) is 6.07 Å². The number of hydrogen-bond acceptors (Lipinski definition) is 3. The van der Waals surface area contributed by atoms with Crippen LogP contribution in [0.5, 0.6) is 0 Å². The van der Waals surface area contributed by atoms with Crippen LogP contribution in [-0.4, -0.2) is 28.9 Å². The van der Waals surface area contributed by atoms with Gasteiger partial charge in [0.25, 0.3) is 0 Å². The summed E-state index contributed by atoms with van der Waals surface area (Å²) >= 11 is 1.81. The van der Waals surface area contributed by atoms with Gasteiger partial charge in [-0.25, -0.2) is 4.98 Å². The second-order valence-electron chi connectivity index (χ2n) is 5.31. The highest BCUT2D eigenvalue weighted by molar-refractivity contribution is 14.0. The van der Waals surface area contributed by atoms with E-state index in [9.17, 15) is 0 Å². The Kier molecular flexibility index (Phi) is 7.04. The average molecular weight is 455 g/mol. The maximum absolute atomic E-state index is 4.60. The Morgan fingerprint density at radius 1 is 1.25 bits per heavy atom. The van der Waals surface area contributed by atoms with E-state index in [0.717, 1.165) is 36.8 Å². The molecule has 0 saturated carbocycles. The Labute approximate surface area is 163 Å². The fraction of sp³-hybridized carbons (Fsp3) is 0.294. The smallest absolute Gasteiger partial charge is 0.191 e. The van der Waals surface area contributed by atoms with Gasteiger partial charge in [-0.2, -0.15) is 0 Å². The normalized spacial score (nSPS) is 11.3. The highest BCUT2D eigenvalue weighted by atomic mass is 127. The van der Waals surface area contributed by atoms with Crippen LogP contribution < -0.4 is 10.6 Å². The molecule has 0 aromatic carbocycles. The zero-order valence-corrected chi connectivity index (χ0v) is 17.0. The molecule has 0 unspecified atom stereocenters. The van der Waals surface area contributed by atoms with Crippen LogP contribution in [-0.2, 0) is 13.0 Å². The van der Waals surface area contributed by atoms with Crippen molar-refractivity contribution in [2.75, 3.05) is 13.6 Å². The first kappa shape index (κ1) is 18.7. The minimum absolute atomic E-state index is 0. The molecular weight excluding hydrogens is 433 g/mol. The third-order valence-corrected chi connectivity index (χ3v) is 4.54. The molecule has 7 heteroatoms. The van der Waals surface area contributed by atoms with Gasteiger partial charge in [0.2, 0.25) is 0 Å². The van der Waals surface area contributed by atoms with Crippen molar-refractivity contribution < 1.29 is 0 Å². The van der Waals surface area contributed by atoms with Crippen LogP contribution in [0, 0.1) is 6.92 Å². The number of rotatable bonds is 5. The number of nitrogens with one attached hydrogen (secondary N) is 2. The van der Waals surface area contributed by atoms with E-state index in [2.05, 4.69) is 45.9 Å². The van der Waals surface area contributed by atoms with Gasteiger partial charge in [0.1, 0.15) is 5.65 Å². The molecule has 0 aliphatic rings. The van der Waals surface area contributed by atoms with Gasteiger partial charge in [-0.05, 0) is 31.2 Å². The lowest BCUT2D eigenvalue weighted by Gasteiger charge is -2.10. The number of nitrogens with zero attached hydrogens (tertiary/aromatic N) is 3. The van der Waals surface area contributed by atoms with Crippen molar-refractivity contribution in [1.29, 1.82) is 0 Å². The third-order valence-electron chi connectivity index (χ3n) is 3.54. The van der Waals surface area contributed by atoms with Crippen molar-refractivity contribution in [3.63, 3.8) is 0 Å². The Bertz CT molecular complexity index is 775. The van der Waals surface area contributed by atoms with Crippen LogP contribution in [0.1, 0.15) is 15.4 Å². The number of fused-ring (bicyclic) bond motifs is 1. The van der Waals surface area contributed by atoms with Crippen LogP contribution in [0.3, 0.4) is 0 Å². The van der Waals surface area contributed by atoms with Crippen LogP contribution in [0.15, 0.2) is 47.7 Å². The molecule has 2 N–H and O–H groups in total. The molecule has 0 aliphatic heterocycles. The molecule has 0 atom stereocenters. The third kappa shape index (κ3) is 4.94. The van der Waals surface area contributed by atoms with Gasteiger partial charge >= 0.3 is 0 Å². The predicted octanol–water partition coefficient (Wildman–Crippen LogP) is 3.23. The molecule has 0 bridgehead atoms. The van der Waals surface area contributed by atoms with Gasteiger partial charge in [0, 0.05) is 42.2 Å². The van der Waals surface area contributed by atoms with Gasteiger partial charge in [-0.3, -0.25) is 4.99 Å². The fourth-order valence-corrected chi connectivity index (χ4v) is 3.22. The van der Waals surface area contributed by atoms with Gasteiger partial charge in [0.05, 0.1) is 12.2 Å². The zero-order chi connectivity index (χ0) is 16.1. The molecule has 24 heavy (non-hydrogen) atoms. The Balaban J connectivity index is 0.00000208. The molecule has 3 rings (SSSR count). The van der Waals surface area contributed by atoms with E-state index in [4.69, 9.17) is 0 Å². The van der Waals surface area contributed by atoms with Crippen molar-refractivity contribution in [1.82, 2.24) is 20.0 Å². The van der Waals surface area contributed by atoms with Gasteiger partial charge in [-0.15, -0.1) is 35.3 Å². The lowest BCUT2D eigenvalue weighted by atomic mass is 10.3. The van der Waals surface area contributed by atoms with Crippen LogP contribution in [0.2, 0.25) is 0 Å². The minimum atomic E-state index is 0. The van der Waals surface area contributed by atoms with E-state index >= 15 is 0 Å². The van der Waals surface area contributed by atoms with E-state index in [1.807, 2.05) is 28.8 Å². The van der Waals surface area contributed by atoms with Crippen LogP contribution in [0.4, 0.5) is 0 Å². The lowest BCUT2D eigenvalue weighted by Crippen LogP contribution is -2.37. The Morgan fingerprint density at radius 3 is 2.83 bits per heavy atom. The van der Waals surface area contributed by atoms with Crippen molar-refractivity contribution in [2.24, 2.45) is 4.99 Å². The molecule has 0 saturated heterocycles. The van der Waals surface area contributed by atoms with Crippen molar-refractivity contribution in [2.45, 2.75) is 19.9 Å². The summed E-state index contributed by atoms with van der Waals surface area (Å²) in [6.45, 7) is 3.72.